The van der Waals surface area contributed by atoms with E-state index >= 15 is 0 Å². The van der Waals surface area contributed by atoms with Crippen LogP contribution in [0, 0.1) is 6.92 Å². The minimum Gasteiger partial charge on any atom is -0.484 e. The van der Waals surface area contributed by atoms with Crippen LogP contribution in [0.3, 0.4) is 0 Å². The van der Waals surface area contributed by atoms with Crippen LogP contribution in [0.4, 0.5) is 0 Å². The van der Waals surface area contributed by atoms with E-state index in [0.29, 0.717) is 27.1 Å². The van der Waals surface area contributed by atoms with Gasteiger partial charge < -0.3 is 4.74 Å². The molecule has 4 nitrogen and oxygen atoms in total. The van der Waals surface area contributed by atoms with Gasteiger partial charge in [0, 0.05) is 10.6 Å². The molecule has 0 unspecified atom stereocenters. The Morgan fingerprint density at radius 3 is 2.70 bits per heavy atom. The van der Waals surface area contributed by atoms with Crippen LogP contribution < -0.4 is 10.2 Å². The SMILES string of the molecule is C/C(=N/NC(=O)COc1cccc(C)c1)c1ccc(Cl)cc1Cl. The molecule has 0 aliphatic carbocycles. The Morgan fingerprint density at radius 2 is 2.00 bits per heavy atom. The first-order valence-corrected chi connectivity index (χ1v) is 7.69. The van der Waals surface area contributed by atoms with E-state index in [-0.39, 0.29) is 12.5 Å². The summed E-state index contributed by atoms with van der Waals surface area (Å²) in [6.07, 6.45) is 0. The first kappa shape index (κ1) is 17.3. The molecule has 0 bridgehead atoms. The van der Waals surface area contributed by atoms with Gasteiger partial charge in [-0.2, -0.15) is 5.10 Å². The lowest BCUT2D eigenvalue weighted by molar-refractivity contribution is -0.123. The van der Waals surface area contributed by atoms with E-state index in [1.807, 2.05) is 25.1 Å². The maximum absolute atomic E-state index is 11.8. The average Bonchev–Trinajstić information content (AvgIpc) is 2.50. The first-order chi connectivity index (χ1) is 11.0. The summed E-state index contributed by atoms with van der Waals surface area (Å²) < 4.78 is 5.40. The van der Waals surface area contributed by atoms with Crippen LogP contribution in [0.15, 0.2) is 47.6 Å². The number of carbonyl (C=O) groups is 1. The van der Waals surface area contributed by atoms with Crippen LogP contribution >= 0.6 is 23.2 Å². The van der Waals surface area contributed by atoms with Crippen molar-refractivity contribution < 1.29 is 9.53 Å². The second-order valence-corrected chi connectivity index (χ2v) is 5.81. The Labute approximate surface area is 145 Å². The van der Waals surface area contributed by atoms with E-state index < -0.39 is 0 Å². The molecule has 6 heteroatoms. The molecule has 0 fully saturated rings. The van der Waals surface area contributed by atoms with Gasteiger partial charge in [0.15, 0.2) is 6.61 Å². The number of rotatable bonds is 5. The largest absolute Gasteiger partial charge is 0.484 e. The van der Waals surface area contributed by atoms with Gasteiger partial charge in [-0.3, -0.25) is 4.79 Å². The number of hydrogen-bond acceptors (Lipinski definition) is 3. The summed E-state index contributed by atoms with van der Waals surface area (Å²) in [5.74, 6) is 0.289. The highest BCUT2D eigenvalue weighted by molar-refractivity contribution is 6.37. The van der Waals surface area contributed by atoms with Gasteiger partial charge in [-0.15, -0.1) is 0 Å². The third-order valence-corrected chi connectivity index (χ3v) is 3.58. The Bertz CT molecular complexity index is 745. The number of ether oxygens (including phenoxy) is 1. The van der Waals surface area contributed by atoms with E-state index in [9.17, 15) is 4.79 Å². The lowest BCUT2D eigenvalue weighted by Gasteiger charge is -2.07. The average molecular weight is 351 g/mol. The number of amides is 1. The summed E-state index contributed by atoms with van der Waals surface area (Å²) in [7, 11) is 0. The summed E-state index contributed by atoms with van der Waals surface area (Å²) in [5.41, 5.74) is 4.79. The van der Waals surface area contributed by atoms with E-state index in [2.05, 4.69) is 10.5 Å². The van der Waals surface area contributed by atoms with E-state index in [1.54, 1.807) is 31.2 Å². The van der Waals surface area contributed by atoms with Gasteiger partial charge in [-0.1, -0.05) is 41.4 Å². The molecule has 0 spiro atoms. The fraction of sp³-hybridized carbons (Fsp3) is 0.176. The zero-order valence-corrected chi connectivity index (χ0v) is 14.3. The molecule has 0 heterocycles. The molecule has 0 aliphatic rings. The number of benzene rings is 2. The molecular formula is C17H16Cl2N2O2. The molecule has 2 rings (SSSR count). The second-order valence-electron chi connectivity index (χ2n) is 4.96. The van der Waals surface area contributed by atoms with Crippen molar-refractivity contribution in [2.45, 2.75) is 13.8 Å². The maximum atomic E-state index is 11.8. The Morgan fingerprint density at radius 1 is 1.22 bits per heavy atom. The molecule has 0 saturated carbocycles. The van der Waals surface area contributed by atoms with E-state index in [4.69, 9.17) is 27.9 Å². The van der Waals surface area contributed by atoms with Gasteiger partial charge in [0.25, 0.3) is 5.91 Å². The lowest BCUT2D eigenvalue weighted by atomic mass is 10.1. The van der Waals surface area contributed by atoms with Crippen LogP contribution in [-0.4, -0.2) is 18.2 Å². The Hall–Kier alpha value is -2.04. The Kier molecular flexibility index (Phi) is 6.02. The maximum Gasteiger partial charge on any atom is 0.277 e. The highest BCUT2D eigenvalue weighted by Crippen LogP contribution is 2.21. The molecule has 0 saturated heterocycles. The quantitative estimate of drug-likeness (QED) is 0.648. The van der Waals surface area contributed by atoms with Gasteiger partial charge in [0.05, 0.1) is 10.7 Å². The van der Waals surface area contributed by atoms with Crippen LogP contribution in [0.5, 0.6) is 5.75 Å². The molecule has 1 amide bonds. The number of carbonyl (C=O) groups excluding carboxylic acids is 1. The number of nitrogens with zero attached hydrogens (tertiary/aromatic N) is 1. The lowest BCUT2D eigenvalue weighted by Crippen LogP contribution is -2.25. The van der Waals surface area contributed by atoms with Crippen molar-refractivity contribution in [1.29, 1.82) is 0 Å². The zero-order chi connectivity index (χ0) is 16.8. The van der Waals surface area contributed by atoms with Crippen LogP contribution in [0.2, 0.25) is 10.0 Å². The minimum atomic E-state index is -0.351. The van der Waals surface area contributed by atoms with Crippen molar-refractivity contribution in [3.8, 4) is 5.75 Å². The highest BCUT2D eigenvalue weighted by Gasteiger charge is 2.06. The monoisotopic (exact) mass is 350 g/mol. The van der Waals surface area contributed by atoms with Crippen molar-refractivity contribution in [2.24, 2.45) is 5.10 Å². The summed E-state index contributed by atoms with van der Waals surface area (Å²) in [6.45, 7) is 3.59. The summed E-state index contributed by atoms with van der Waals surface area (Å²) in [5, 5.41) is 5.04. The number of aryl methyl sites for hydroxylation is 1. The molecular weight excluding hydrogens is 335 g/mol. The molecule has 2 aromatic rings. The number of hydrogen-bond donors (Lipinski definition) is 1. The van der Waals surface area contributed by atoms with Crippen LogP contribution in [0.1, 0.15) is 18.1 Å². The van der Waals surface area contributed by atoms with Crippen molar-refractivity contribution in [3.63, 3.8) is 0 Å². The van der Waals surface area contributed by atoms with Crippen molar-refractivity contribution in [1.82, 2.24) is 5.43 Å². The molecule has 0 aliphatic heterocycles. The van der Waals surface area contributed by atoms with Crippen molar-refractivity contribution in [3.05, 3.63) is 63.6 Å². The normalized spacial score (nSPS) is 11.2. The van der Waals surface area contributed by atoms with Crippen LogP contribution in [-0.2, 0) is 4.79 Å². The predicted molar refractivity (Wildman–Crippen MR) is 93.5 cm³/mol. The van der Waals surface area contributed by atoms with Gasteiger partial charge >= 0.3 is 0 Å². The minimum absolute atomic E-state index is 0.116. The summed E-state index contributed by atoms with van der Waals surface area (Å²) >= 11 is 11.9. The van der Waals surface area contributed by atoms with Crippen LogP contribution in [0.25, 0.3) is 0 Å². The molecule has 0 aromatic heterocycles. The van der Waals surface area contributed by atoms with Gasteiger partial charge in [0.2, 0.25) is 0 Å². The molecule has 1 N–H and O–H groups in total. The number of halogens is 2. The smallest absolute Gasteiger partial charge is 0.277 e. The second kappa shape index (κ2) is 7.99. The molecule has 120 valence electrons. The zero-order valence-electron chi connectivity index (χ0n) is 12.8. The number of hydrazone groups is 1. The predicted octanol–water partition coefficient (Wildman–Crippen LogP) is 4.22. The van der Waals surface area contributed by atoms with E-state index in [1.165, 1.54) is 0 Å². The Balaban J connectivity index is 1.92. The van der Waals surface area contributed by atoms with Gasteiger partial charge in [-0.25, -0.2) is 5.43 Å². The number of nitrogens with one attached hydrogen (secondary N) is 1. The van der Waals surface area contributed by atoms with E-state index in [0.717, 1.165) is 5.56 Å². The van der Waals surface area contributed by atoms with Gasteiger partial charge in [0.1, 0.15) is 5.75 Å². The molecule has 2 aromatic carbocycles. The topological polar surface area (TPSA) is 50.7 Å². The van der Waals surface area contributed by atoms with Crippen molar-refractivity contribution >= 4 is 34.8 Å². The van der Waals surface area contributed by atoms with Crippen molar-refractivity contribution in [2.75, 3.05) is 6.61 Å². The van der Waals surface area contributed by atoms with Gasteiger partial charge in [-0.05, 0) is 43.7 Å². The summed E-state index contributed by atoms with van der Waals surface area (Å²) in [4.78, 5) is 11.8. The fourth-order valence-corrected chi connectivity index (χ4v) is 2.42. The first-order valence-electron chi connectivity index (χ1n) is 6.94. The molecule has 23 heavy (non-hydrogen) atoms. The third-order valence-electron chi connectivity index (χ3n) is 3.03. The highest BCUT2D eigenvalue weighted by atomic mass is 35.5. The standard InChI is InChI=1S/C17H16Cl2N2O2/c1-11-4-3-5-14(8-11)23-10-17(22)21-20-12(2)15-7-6-13(18)9-16(15)19/h3-9H,10H2,1-2H3,(H,21,22)/b20-12-. The molecule has 0 radical (unpaired) electrons. The fourth-order valence-electron chi connectivity index (χ4n) is 1.88. The summed E-state index contributed by atoms with van der Waals surface area (Å²) in [6, 6.07) is 12.6. The third kappa shape index (κ3) is 5.27. The molecule has 0 atom stereocenters.